The summed E-state index contributed by atoms with van der Waals surface area (Å²) in [6, 6.07) is 0. The van der Waals surface area contributed by atoms with Crippen molar-refractivity contribution in [3.05, 3.63) is 0 Å². The Hall–Kier alpha value is -0.210. The second-order valence-electron chi connectivity index (χ2n) is 4.07. The largest absolute Gasteiger partial charge is 0.748 e. The van der Waals surface area contributed by atoms with E-state index in [0.29, 0.717) is 6.26 Å². The summed E-state index contributed by atoms with van der Waals surface area (Å²) < 4.78 is 38.4. The van der Waals surface area contributed by atoms with Crippen LogP contribution in [0.2, 0.25) is 0 Å². The first kappa shape index (κ1) is 19.1. The monoisotopic (exact) mass is 271 g/mol. The van der Waals surface area contributed by atoms with E-state index in [9.17, 15) is 0 Å². The van der Waals surface area contributed by atoms with Gasteiger partial charge in [0.15, 0.2) is 0 Å². The Kier molecular flexibility index (Phi) is 11.0. The molecule has 0 saturated carbocycles. The summed E-state index contributed by atoms with van der Waals surface area (Å²) in [6.45, 7) is 7.12. The maximum absolute atomic E-state index is 9.08. The van der Waals surface area contributed by atoms with Gasteiger partial charge in [0, 0.05) is 20.5 Å². The number of ether oxygens (including phenoxy) is 2. The number of nitrogens with zero attached hydrogens (tertiary/aromatic N) is 1. The van der Waals surface area contributed by atoms with Crippen LogP contribution in [0.1, 0.15) is 6.92 Å². The van der Waals surface area contributed by atoms with Crippen molar-refractivity contribution in [1.29, 1.82) is 0 Å². The number of hydrogen-bond acceptors (Lipinski definition) is 5. The van der Waals surface area contributed by atoms with E-state index < -0.39 is 10.1 Å². The molecule has 0 aliphatic heterocycles. The maximum Gasteiger partial charge on any atom is 0.102 e. The lowest BCUT2D eigenvalue weighted by molar-refractivity contribution is -0.908. The lowest BCUT2D eigenvalue weighted by atomic mass is 10.4. The predicted octanol–water partition coefficient (Wildman–Crippen LogP) is -0.0929. The quantitative estimate of drug-likeness (QED) is 0.478. The molecule has 0 saturated heterocycles. The Morgan fingerprint density at radius 2 is 1.41 bits per heavy atom. The second kappa shape index (κ2) is 9.78. The maximum atomic E-state index is 9.08. The van der Waals surface area contributed by atoms with Crippen molar-refractivity contribution in [1.82, 2.24) is 0 Å². The Balaban J connectivity index is 0. The SMILES string of the molecule is CC[N+](C)(CCOC)CCOC.CS(=O)(=O)[O-]. The topological polar surface area (TPSA) is 75.7 Å². The van der Waals surface area contributed by atoms with Crippen molar-refractivity contribution in [2.24, 2.45) is 0 Å². The molecule has 17 heavy (non-hydrogen) atoms. The molecular weight excluding hydrogens is 246 g/mol. The summed E-state index contributed by atoms with van der Waals surface area (Å²) >= 11 is 0. The fraction of sp³-hybridized carbons (Fsp3) is 1.00. The van der Waals surface area contributed by atoms with Gasteiger partial charge in [-0.3, -0.25) is 0 Å². The molecule has 0 aliphatic carbocycles. The van der Waals surface area contributed by atoms with Crippen LogP contribution < -0.4 is 0 Å². The Labute approximate surface area is 105 Å². The van der Waals surface area contributed by atoms with Gasteiger partial charge in [0.05, 0.1) is 36.9 Å². The molecule has 0 atom stereocenters. The van der Waals surface area contributed by atoms with E-state index in [-0.39, 0.29) is 0 Å². The van der Waals surface area contributed by atoms with E-state index in [4.69, 9.17) is 22.4 Å². The molecule has 0 unspecified atom stereocenters. The first-order chi connectivity index (χ1) is 7.68. The van der Waals surface area contributed by atoms with Gasteiger partial charge in [0.25, 0.3) is 0 Å². The molecule has 0 spiro atoms. The third-order valence-corrected chi connectivity index (χ3v) is 2.43. The van der Waals surface area contributed by atoms with Crippen LogP contribution >= 0.6 is 0 Å². The highest BCUT2D eigenvalue weighted by molar-refractivity contribution is 7.84. The van der Waals surface area contributed by atoms with Crippen molar-refractivity contribution in [2.45, 2.75) is 6.92 Å². The standard InChI is InChI=1S/C9H22NO2.CH4O3S/c1-5-10(2,6-8-11-3)7-9-12-4;1-5(2,3)4/h5-9H2,1-4H3;1H3,(H,2,3,4)/q+1;/p-1. The molecule has 0 aromatic heterocycles. The molecule has 0 aromatic carbocycles. The lowest BCUT2D eigenvalue weighted by Crippen LogP contribution is -2.48. The van der Waals surface area contributed by atoms with Gasteiger partial charge in [-0.1, -0.05) is 0 Å². The summed E-state index contributed by atoms with van der Waals surface area (Å²) in [4.78, 5) is 0. The first-order valence-electron chi connectivity index (χ1n) is 5.41. The molecule has 0 aromatic rings. The van der Waals surface area contributed by atoms with E-state index in [1.165, 1.54) is 0 Å². The molecule has 0 aliphatic rings. The normalized spacial score (nSPS) is 11.9. The van der Waals surface area contributed by atoms with Gasteiger partial charge < -0.3 is 18.5 Å². The van der Waals surface area contributed by atoms with Crippen molar-refractivity contribution in [3.8, 4) is 0 Å². The molecule has 7 heteroatoms. The summed E-state index contributed by atoms with van der Waals surface area (Å²) in [5.74, 6) is 0. The van der Waals surface area contributed by atoms with Gasteiger partial charge in [-0.25, -0.2) is 8.42 Å². The molecule has 6 nitrogen and oxygen atoms in total. The summed E-state index contributed by atoms with van der Waals surface area (Å²) in [6.07, 6.45) is 0.604. The number of rotatable bonds is 7. The van der Waals surface area contributed by atoms with Crippen LogP contribution in [0.25, 0.3) is 0 Å². The lowest BCUT2D eigenvalue weighted by Gasteiger charge is -2.32. The third-order valence-electron chi connectivity index (χ3n) is 2.43. The van der Waals surface area contributed by atoms with E-state index in [0.717, 1.165) is 37.3 Å². The second-order valence-corrected chi connectivity index (χ2v) is 5.48. The fourth-order valence-electron chi connectivity index (χ4n) is 1.05. The van der Waals surface area contributed by atoms with E-state index in [1.807, 2.05) is 0 Å². The van der Waals surface area contributed by atoms with Crippen molar-refractivity contribution < 1.29 is 26.9 Å². The minimum absolute atomic E-state index is 0.604. The highest BCUT2D eigenvalue weighted by Crippen LogP contribution is 2.00. The minimum Gasteiger partial charge on any atom is -0.748 e. The Morgan fingerprint density at radius 3 is 1.59 bits per heavy atom. The van der Waals surface area contributed by atoms with Crippen molar-refractivity contribution in [2.75, 3.05) is 60.4 Å². The minimum atomic E-state index is -3.92. The average molecular weight is 271 g/mol. The molecule has 0 N–H and O–H groups in total. The summed E-state index contributed by atoms with van der Waals surface area (Å²) in [5.41, 5.74) is 0. The predicted molar refractivity (Wildman–Crippen MR) is 65.8 cm³/mol. The fourth-order valence-corrected chi connectivity index (χ4v) is 1.05. The van der Waals surface area contributed by atoms with E-state index >= 15 is 0 Å². The van der Waals surface area contributed by atoms with Crippen LogP contribution in [0.15, 0.2) is 0 Å². The van der Waals surface area contributed by atoms with Crippen LogP contribution in [0.4, 0.5) is 0 Å². The van der Waals surface area contributed by atoms with Crippen LogP contribution in [0.3, 0.4) is 0 Å². The third kappa shape index (κ3) is 18.4. The zero-order chi connectivity index (χ0) is 13.9. The molecule has 0 rings (SSSR count). The zero-order valence-electron chi connectivity index (χ0n) is 11.4. The molecule has 0 fully saturated rings. The Morgan fingerprint density at radius 1 is 1.12 bits per heavy atom. The molecular formula is C10H25NO5S. The highest BCUT2D eigenvalue weighted by atomic mass is 32.2. The van der Waals surface area contributed by atoms with Crippen LogP contribution in [0.5, 0.6) is 0 Å². The van der Waals surface area contributed by atoms with Gasteiger partial charge >= 0.3 is 0 Å². The molecule has 0 bridgehead atoms. The van der Waals surface area contributed by atoms with Crippen LogP contribution in [-0.2, 0) is 19.6 Å². The first-order valence-corrected chi connectivity index (χ1v) is 7.22. The molecule has 0 amide bonds. The van der Waals surface area contributed by atoms with Crippen LogP contribution in [0, 0.1) is 0 Å². The van der Waals surface area contributed by atoms with Crippen LogP contribution in [-0.4, -0.2) is 77.8 Å². The van der Waals surface area contributed by atoms with Gasteiger partial charge in [-0.05, 0) is 6.92 Å². The van der Waals surface area contributed by atoms with Gasteiger partial charge in [-0.2, -0.15) is 0 Å². The number of hydrogen-bond donors (Lipinski definition) is 0. The van der Waals surface area contributed by atoms with Gasteiger partial charge in [-0.15, -0.1) is 0 Å². The summed E-state index contributed by atoms with van der Waals surface area (Å²) in [7, 11) is 1.81. The zero-order valence-corrected chi connectivity index (χ0v) is 12.2. The molecule has 0 heterocycles. The van der Waals surface area contributed by atoms with E-state index in [2.05, 4.69) is 14.0 Å². The Bertz CT molecular complexity index is 250. The van der Waals surface area contributed by atoms with Crippen molar-refractivity contribution in [3.63, 3.8) is 0 Å². The van der Waals surface area contributed by atoms with Crippen molar-refractivity contribution >= 4 is 10.1 Å². The van der Waals surface area contributed by atoms with E-state index in [1.54, 1.807) is 14.2 Å². The highest BCUT2D eigenvalue weighted by Gasteiger charge is 2.17. The average Bonchev–Trinajstić information content (AvgIpc) is 2.21. The molecule has 106 valence electrons. The molecule has 0 radical (unpaired) electrons. The number of likely N-dealkylation sites (N-methyl/N-ethyl adjacent to an activating group) is 1. The van der Waals surface area contributed by atoms with Gasteiger partial charge in [0.1, 0.15) is 13.1 Å². The number of quaternary nitrogens is 1. The van der Waals surface area contributed by atoms with Gasteiger partial charge in [0.2, 0.25) is 0 Å². The smallest absolute Gasteiger partial charge is 0.102 e. The number of methoxy groups -OCH3 is 2. The summed E-state index contributed by atoms with van der Waals surface area (Å²) in [5, 5.41) is 0.